The zero-order chi connectivity index (χ0) is 19.3. The summed E-state index contributed by atoms with van der Waals surface area (Å²) in [5.74, 6) is -0.0159. The van der Waals surface area contributed by atoms with Gasteiger partial charge >= 0.3 is 6.03 Å². The van der Waals surface area contributed by atoms with Crippen molar-refractivity contribution in [2.75, 3.05) is 27.2 Å². The van der Waals surface area contributed by atoms with Crippen LogP contribution in [0, 0.1) is 0 Å². The van der Waals surface area contributed by atoms with Gasteiger partial charge in [-0.1, -0.05) is 17.7 Å². The standard InChI is InChI=1S/C20H25IN4O2/c1-12(26)10-25(3)19(27)23-14-8-20(21)15-5-4-6-16-18(15)13(9-22-16)7-17(20)24(2)11-14/h4-6,9,14,17,22H,7-8,10-11H2,1-3H3,(H,23,27)/q-1/t14-,17?,20?/m0/s1. The molecule has 3 atom stereocenters. The average Bonchev–Trinajstić information content (AvgIpc) is 3.00. The zero-order valence-corrected chi connectivity index (χ0v) is 18.0. The second-order valence-corrected chi connectivity index (χ2v) is 9.90. The fraction of sp³-hybridized carbons (Fsp3) is 0.500. The molecule has 1 fully saturated rings. The monoisotopic (exact) mass is 480 g/mol. The van der Waals surface area contributed by atoms with Gasteiger partial charge in [-0.05, 0) is 38.4 Å². The first-order chi connectivity index (χ1) is 12.8. The van der Waals surface area contributed by atoms with E-state index in [1.165, 1.54) is 33.9 Å². The summed E-state index contributed by atoms with van der Waals surface area (Å²) in [5, 5.41) is 4.49. The van der Waals surface area contributed by atoms with E-state index in [4.69, 9.17) is 0 Å². The summed E-state index contributed by atoms with van der Waals surface area (Å²) in [4.78, 5) is 31.0. The molecule has 145 valence electrons. The van der Waals surface area contributed by atoms with E-state index in [1.807, 2.05) is 0 Å². The Hall–Kier alpha value is -1.61. The summed E-state index contributed by atoms with van der Waals surface area (Å²) in [6.45, 7) is 2.45. The molecule has 7 heteroatoms. The number of likely N-dealkylation sites (tertiary alicyclic amines) is 1. The lowest BCUT2D eigenvalue weighted by molar-refractivity contribution is -0.508. The molecule has 2 aromatic rings. The predicted molar refractivity (Wildman–Crippen MR) is 100 cm³/mol. The third-order valence-electron chi connectivity index (χ3n) is 5.89. The molecule has 2 aliphatic rings. The minimum Gasteiger partial charge on any atom is -0.783 e. The number of hydrogen-bond acceptors (Lipinski definition) is 3. The van der Waals surface area contributed by atoms with Crippen molar-refractivity contribution < 1.29 is 32.2 Å². The van der Waals surface area contributed by atoms with Gasteiger partial charge in [-0.15, -0.1) is 3.42 Å². The number of hydrogen-bond donors (Lipinski definition) is 2. The molecule has 0 saturated carbocycles. The van der Waals surface area contributed by atoms with E-state index >= 15 is 0 Å². The highest BCUT2D eigenvalue weighted by Crippen LogP contribution is 2.42. The zero-order valence-electron chi connectivity index (χ0n) is 15.9. The van der Waals surface area contributed by atoms with Crippen molar-refractivity contribution in [1.29, 1.82) is 0 Å². The molecule has 4 rings (SSSR count). The molecule has 2 unspecified atom stereocenters. The molecule has 1 saturated heterocycles. The highest BCUT2D eigenvalue weighted by atomic mass is 127. The lowest BCUT2D eigenvalue weighted by Crippen LogP contribution is -3.43. The normalized spacial score (nSPS) is 27.3. The van der Waals surface area contributed by atoms with Gasteiger partial charge in [-0.25, -0.2) is 4.79 Å². The summed E-state index contributed by atoms with van der Waals surface area (Å²) < 4.78 is -0.0590. The van der Waals surface area contributed by atoms with Crippen LogP contribution in [0.15, 0.2) is 24.4 Å². The number of fused-ring (bicyclic) bond motifs is 2. The molecule has 2 amide bonds. The first kappa shape index (κ1) is 18.7. The Bertz CT molecular complexity index is 911. The maximum Gasteiger partial charge on any atom is 0.317 e. The number of nitrogens with zero attached hydrogens (tertiary/aromatic N) is 2. The van der Waals surface area contributed by atoms with E-state index in [9.17, 15) is 9.59 Å². The van der Waals surface area contributed by atoms with Crippen molar-refractivity contribution in [3.8, 4) is 0 Å². The maximum atomic E-state index is 12.5. The molecule has 1 aliphatic carbocycles. The quantitative estimate of drug-likeness (QED) is 0.428. The van der Waals surface area contributed by atoms with E-state index in [-0.39, 0.29) is 27.8 Å². The first-order valence-electron chi connectivity index (χ1n) is 9.29. The Kier molecular flexibility index (Phi) is 4.70. The molecular formula is C20H25IN4O2-. The van der Waals surface area contributed by atoms with Crippen molar-refractivity contribution in [3.63, 3.8) is 0 Å². The molecule has 0 bridgehead atoms. The number of ketones is 1. The number of nitrogens with one attached hydrogen (secondary N) is 2. The number of amides is 2. The number of piperidine rings is 1. The van der Waals surface area contributed by atoms with Crippen molar-refractivity contribution in [2.24, 2.45) is 0 Å². The van der Waals surface area contributed by atoms with Crippen LogP contribution >= 0.6 is 0 Å². The van der Waals surface area contributed by atoms with Crippen LogP contribution in [0.5, 0.6) is 0 Å². The van der Waals surface area contributed by atoms with E-state index in [0.29, 0.717) is 6.04 Å². The van der Waals surface area contributed by atoms with Crippen molar-refractivity contribution in [1.82, 2.24) is 20.1 Å². The average molecular weight is 480 g/mol. The second-order valence-electron chi connectivity index (χ2n) is 7.97. The number of halogens is 1. The molecule has 27 heavy (non-hydrogen) atoms. The molecular weight excluding hydrogens is 455 g/mol. The highest BCUT2D eigenvalue weighted by molar-refractivity contribution is 5.89. The van der Waals surface area contributed by atoms with Gasteiger partial charge in [0.25, 0.3) is 0 Å². The number of alkyl halides is 1. The van der Waals surface area contributed by atoms with Gasteiger partial charge in [0.15, 0.2) is 0 Å². The molecule has 1 aliphatic heterocycles. The van der Waals surface area contributed by atoms with Crippen LogP contribution in [-0.4, -0.2) is 65.9 Å². The number of carbonyl (C=O) groups is 2. The van der Waals surface area contributed by atoms with Crippen LogP contribution in [0.1, 0.15) is 24.5 Å². The van der Waals surface area contributed by atoms with Gasteiger partial charge in [0.1, 0.15) is 5.78 Å². The Morgan fingerprint density at radius 2 is 2.22 bits per heavy atom. The molecule has 1 radical (unpaired) electrons. The van der Waals surface area contributed by atoms with Crippen molar-refractivity contribution in [3.05, 3.63) is 35.5 Å². The number of aromatic nitrogens is 1. The van der Waals surface area contributed by atoms with Gasteiger partial charge in [0.2, 0.25) is 0 Å². The topological polar surface area (TPSA) is 68.4 Å². The largest absolute Gasteiger partial charge is 0.783 e. The van der Waals surface area contributed by atoms with Crippen molar-refractivity contribution >= 4 is 22.7 Å². The van der Waals surface area contributed by atoms with Gasteiger partial charge in [0, 0.05) is 42.8 Å². The van der Waals surface area contributed by atoms with Crippen LogP contribution in [0.25, 0.3) is 10.9 Å². The molecule has 1 aromatic carbocycles. The Labute approximate surface area is 172 Å². The highest BCUT2D eigenvalue weighted by Gasteiger charge is 2.43. The first-order valence-corrected chi connectivity index (χ1v) is 10.4. The number of Topliss-reactive ketones (excluding diaryl/α,β-unsaturated/α-hetero) is 1. The lowest BCUT2D eigenvalue weighted by atomic mass is 9.74. The van der Waals surface area contributed by atoms with Crippen LogP contribution in [0.2, 0.25) is 0 Å². The van der Waals surface area contributed by atoms with Gasteiger partial charge in [-0.3, -0.25) is 4.79 Å². The number of rotatable bonds is 3. The molecule has 6 nitrogen and oxygen atoms in total. The summed E-state index contributed by atoms with van der Waals surface area (Å²) in [5.41, 5.74) is 3.93. The summed E-state index contributed by atoms with van der Waals surface area (Å²) in [7, 11) is 3.81. The Morgan fingerprint density at radius 1 is 1.44 bits per heavy atom. The summed E-state index contributed by atoms with van der Waals surface area (Å²) >= 11 is 2.61. The number of likely N-dealkylation sites (N-methyl/N-ethyl adjacent to an activating group) is 2. The number of H-pyrrole nitrogens is 1. The second kappa shape index (κ2) is 6.77. The molecule has 1 aromatic heterocycles. The van der Waals surface area contributed by atoms with Crippen LogP contribution in [-0.2, 0) is 14.6 Å². The molecule has 0 spiro atoms. The van der Waals surface area contributed by atoms with E-state index in [0.717, 1.165) is 19.4 Å². The Balaban J connectivity index is 1.62. The predicted octanol–water partition coefficient (Wildman–Crippen LogP) is -1.22. The number of carbonyl (C=O) groups excluding carboxylic acids is 2. The minimum atomic E-state index is -0.182. The maximum absolute atomic E-state index is 12.5. The Morgan fingerprint density at radius 3 is 2.96 bits per heavy atom. The van der Waals surface area contributed by atoms with Crippen LogP contribution in [0.3, 0.4) is 0 Å². The molecule has 2 N–H and O–H groups in total. The fourth-order valence-corrected chi connectivity index (χ4v) is 6.43. The van der Waals surface area contributed by atoms with Gasteiger partial charge in [0.05, 0.1) is 6.54 Å². The number of urea groups is 1. The summed E-state index contributed by atoms with van der Waals surface area (Å²) in [6.07, 6.45) is 4.04. The molecule has 2 heterocycles. The van der Waals surface area contributed by atoms with Crippen LogP contribution in [0.4, 0.5) is 4.79 Å². The van der Waals surface area contributed by atoms with E-state index < -0.39 is 0 Å². The smallest absolute Gasteiger partial charge is 0.317 e. The van der Waals surface area contributed by atoms with E-state index in [2.05, 4.69) is 69.2 Å². The lowest BCUT2D eigenvalue weighted by Gasteiger charge is -2.59. The summed E-state index contributed by atoms with van der Waals surface area (Å²) in [6, 6.07) is 6.74. The SMILES string of the molecule is CC(=O)CN(C)C(=O)N[C@@H]1CN(C)C2Cc3c[nH]c4cccc(c34)C2([I-])C1. The van der Waals surface area contributed by atoms with Crippen LogP contribution < -0.4 is 27.9 Å². The van der Waals surface area contributed by atoms with Gasteiger partial charge in [-0.2, -0.15) is 0 Å². The van der Waals surface area contributed by atoms with E-state index in [1.54, 1.807) is 7.05 Å². The van der Waals surface area contributed by atoms with Crippen molar-refractivity contribution in [2.45, 2.75) is 35.3 Å². The number of benzene rings is 1. The van der Waals surface area contributed by atoms with Gasteiger partial charge < -0.3 is 42.7 Å². The minimum absolute atomic E-state index is 0.0159. The third kappa shape index (κ3) is 3.14. The fourth-order valence-electron chi connectivity index (χ4n) is 4.75. The third-order valence-corrected chi connectivity index (χ3v) is 7.64. The number of aromatic amines is 1.